The molecule has 1 aliphatic heterocycles. The molecule has 1 saturated carbocycles. The normalized spacial score (nSPS) is 22.4. The molecule has 0 unspecified atom stereocenters. The highest BCUT2D eigenvalue weighted by atomic mass is 32.2. The lowest BCUT2D eigenvalue weighted by atomic mass is 10.2. The third-order valence-corrected chi connectivity index (χ3v) is 3.83. The Morgan fingerprint density at radius 3 is 2.80 bits per heavy atom. The van der Waals surface area contributed by atoms with Crippen LogP contribution in [0.4, 0.5) is 0 Å². The monoisotopic (exact) mass is 228 g/mol. The van der Waals surface area contributed by atoms with E-state index in [9.17, 15) is 9.59 Å². The zero-order valence-electron chi connectivity index (χ0n) is 8.70. The van der Waals surface area contributed by atoms with Crippen LogP contribution in [-0.2, 0) is 9.59 Å². The predicted octanol–water partition coefficient (Wildman–Crippen LogP) is 0.578. The largest absolute Gasteiger partial charge is 0.352 e. The number of hydrogen-bond donors (Lipinski definition) is 1. The first-order valence-corrected chi connectivity index (χ1v) is 6.56. The molecule has 1 N–H and O–H groups in total. The Labute approximate surface area is 93.8 Å². The van der Waals surface area contributed by atoms with Crippen molar-refractivity contribution < 1.29 is 9.59 Å². The molecule has 4 nitrogen and oxygen atoms in total. The molecule has 0 spiro atoms. The number of amides is 2. The molecule has 2 aliphatic rings. The maximum absolute atomic E-state index is 11.6. The second-order valence-electron chi connectivity index (χ2n) is 4.12. The summed E-state index contributed by atoms with van der Waals surface area (Å²) < 4.78 is 0. The maximum Gasteiger partial charge on any atom is 0.239 e. The zero-order valence-corrected chi connectivity index (χ0v) is 9.52. The van der Waals surface area contributed by atoms with Gasteiger partial charge in [0, 0.05) is 6.04 Å². The molecule has 2 amide bonds. The van der Waals surface area contributed by atoms with Gasteiger partial charge in [0.15, 0.2) is 0 Å². The van der Waals surface area contributed by atoms with Crippen LogP contribution < -0.4 is 5.32 Å². The van der Waals surface area contributed by atoms with Crippen LogP contribution in [0.5, 0.6) is 0 Å². The van der Waals surface area contributed by atoms with Crippen molar-refractivity contribution in [1.29, 1.82) is 0 Å². The van der Waals surface area contributed by atoms with E-state index in [-0.39, 0.29) is 18.4 Å². The van der Waals surface area contributed by atoms with Crippen molar-refractivity contribution in [3.63, 3.8) is 0 Å². The van der Waals surface area contributed by atoms with Crippen molar-refractivity contribution in [2.75, 3.05) is 18.2 Å². The Kier molecular flexibility index (Phi) is 3.51. The predicted molar refractivity (Wildman–Crippen MR) is 59.4 cm³/mol. The molecule has 84 valence electrons. The lowest BCUT2D eigenvalue weighted by Crippen LogP contribution is -2.41. The molecule has 0 aromatic heterocycles. The van der Waals surface area contributed by atoms with Gasteiger partial charge in [-0.15, -0.1) is 11.8 Å². The first-order chi connectivity index (χ1) is 7.25. The molecule has 0 radical (unpaired) electrons. The summed E-state index contributed by atoms with van der Waals surface area (Å²) in [5.41, 5.74) is 0. The molecule has 15 heavy (non-hydrogen) atoms. The number of carbonyl (C=O) groups excluding carboxylic acids is 2. The van der Waals surface area contributed by atoms with E-state index in [0.717, 1.165) is 12.8 Å². The summed E-state index contributed by atoms with van der Waals surface area (Å²) in [6, 6.07) is 0.350. The van der Waals surface area contributed by atoms with Crippen molar-refractivity contribution in [1.82, 2.24) is 10.2 Å². The van der Waals surface area contributed by atoms with E-state index in [0.29, 0.717) is 17.7 Å². The van der Waals surface area contributed by atoms with Gasteiger partial charge in [0.05, 0.1) is 11.6 Å². The Morgan fingerprint density at radius 1 is 1.47 bits per heavy atom. The second-order valence-corrected chi connectivity index (χ2v) is 5.07. The Balaban J connectivity index is 1.74. The number of thioether (sulfide) groups is 1. The van der Waals surface area contributed by atoms with Gasteiger partial charge in [-0.25, -0.2) is 0 Å². The summed E-state index contributed by atoms with van der Waals surface area (Å²) >= 11 is 1.57. The Morgan fingerprint density at radius 2 is 2.20 bits per heavy atom. The first kappa shape index (κ1) is 10.8. The summed E-state index contributed by atoms with van der Waals surface area (Å²) in [5.74, 6) is 1.27. The topological polar surface area (TPSA) is 49.4 Å². The van der Waals surface area contributed by atoms with Crippen LogP contribution in [0.1, 0.15) is 25.7 Å². The SMILES string of the molecule is O=C(CN1CSCC1=O)NC1CCCC1. The fourth-order valence-electron chi connectivity index (χ4n) is 2.06. The van der Waals surface area contributed by atoms with Gasteiger partial charge < -0.3 is 10.2 Å². The smallest absolute Gasteiger partial charge is 0.239 e. The standard InChI is InChI=1S/C10H16N2O2S/c13-9(11-8-3-1-2-4-8)5-12-7-15-6-10(12)14/h8H,1-7H2,(H,11,13). The highest BCUT2D eigenvalue weighted by molar-refractivity contribution is 8.00. The summed E-state index contributed by atoms with van der Waals surface area (Å²) in [6.07, 6.45) is 4.61. The molecule has 1 heterocycles. The molecule has 0 atom stereocenters. The van der Waals surface area contributed by atoms with Crippen molar-refractivity contribution in [2.24, 2.45) is 0 Å². The highest BCUT2D eigenvalue weighted by Crippen LogP contribution is 2.18. The lowest BCUT2D eigenvalue weighted by molar-refractivity contribution is -0.132. The van der Waals surface area contributed by atoms with Crippen molar-refractivity contribution in [3.8, 4) is 0 Å². The number of hydrogen-bond acceptors (Lipinski definition) is 3. The highest BCUT2D eigenvalue weighted by Gasteiger charge is 2.24. The summed E-state index contributed by atoms with van der Waals surface area (Å²) in [5, 5.41) is 2.98. The lowest BCUT2D eigenvalue weighted by Gasteiger charge is -2.17. The van der Waals surface area contributed by atoms with Gasteiger partial charge in [0.25, 0.3) is 0 Å². The Hall–Kier alpha value is -0.710. The average Bonchev–Trinajstić information content (AvgIpc) is 2.79. The fraction of sp³-hybridized carbons (Fsp3) is 0.800. The van der Waals surface area contributed by atoms with Crippen molar-refractivity contribution in [3.05, 3.63) is 0 Å². The molecule has 2 fully saturated rings. The van der Waals surface area contributed by atoms with Crippen LogP contribution in [0.15, 0.2) is 0 Å². The van der Waals surface area contributed by atoms with E-state index >= 15 is 0 Å². The number of carbonyl (C=O) groups is 2. The van der Waals surface area contributed by atoms with Crippen LogP contribution in [-0.4, -0.2) is 40.9 Å². The second kappa shape index (κ2) is 4.88. The van der Waals surface area contributed by atoms with E-state index in [1.807, 2.05) is 0 Å². The summed E-state index contributed by atoms with van der Waals surface area (Å²) in [6.45, 7) is 0.238. The minimum Gasteiger partial charge on any atom is -0.352 e. The van der Waals surface area contributed by atoms with E-state index in [1.54, 1.807) is 16.7 Å². The van der Waals surface area contributed by atoms with Gasteiger partial charge in [0.1, 0.15) is 6.54 Å². The molecular weight excluding hydrogens is 212 g/mol. The average molecular weight is 228 g/mol. The molecule has 0 bridgehead atoms. The molecular formula is C10H16N2O2S. The van der Waals surface area contributed by atoms with Gasteiger partial charge in [-0.3, -0.25) is 9.59 Å². The quantitative estimate of drug-likeness (QED) is 0.768. The number of rotatable bonds is 3. The van der Waals surface area contributed by atoms with Gasteiger partial charge in [-0.05, 0) is 12.8 Å². The minimum atomic E-state index is -0.00208. The van der Waals surface area contributed by atoms with Crippen molar-refractivity contribution >= 4 is 23.6 Å². The van der Waals surface area contributed by atoms with Gasteiger partial charge in [-0.1, -0.05) is 12.8 Å². The fourth-order valence-corrected chi connectivity index (χ4v) is 2.96. The van der Waals surface area contributed by atoms with E-state index in [2.05, 4.69) is 5.32 Å². The Bertz CT molecular complexity index is 264. The molecule has 1 saturated heterocycles. The summed E-state index contributed by atoms with van der Waals surface area (Å²) in [7, 11) is 0. The van der Waals surface area contributed by atoms with Gasteiger partial charge in [0.2, 0.25) is 11.8 Å². The van der Waals surface area contributed by atoms with Crippen LogP contribution in [0.3, 0.4) is 0 Å². The molecule has 2 rings (SSSR count). The van der Waals surface area contributed by atoms with Crippen LogP contribution >= 0.6 is 11.8 Å². The van der Waals surface area contributed by atoms with E-state index in [4.69, 9.17) is 0 Å². The van der Waals surface area contributed by atoms with Crippen molar-refractivity contribution in [2.45, 2.75) is 31.7 Å². The zero-order chi connectivity index (χ0) is 10.7. The molecule has 0 aromatic rings. The maximum atomic E-state index is 11.6. The van der Waals surface area contributed by atoms with Gasteiger partial charge in [-0.2, -0.15) is 0 Å². The number of nitrogens with zero attached hydrogens (tertiary/aromatic N) is 1. The molecule has 1 aliphatic carbocycles. The third kappa shape index (κ3) is 2.87. The van der Waals surface area contributed by atoms with Crippen LogP contribution in [0, 0.1) is 0 Å². The minimum absolute atomic E-state index is 0.00208. The number of nitrogens with one attached hydrogen (secondary N) is 1. The summed E-state index contributed by atoms with van der Waals surface area (Å²) in [4.78, 5) is 24.5. The van der Waals surface area contributed by atoms with E-state index < -0.39 is 0 Å². The van der Waals surface area contributed by atoms with Crippen LogP contribution in [0.25, 0.3) is 0 Å². The van der Waals surface area contributed by atoms with Gasteiger partial charge >= 0.3 is 0 Å². The van der Waals surface area contributed by atoms with E-state index in [1.165, 1.54) is 12.8 Å². The first-order valence-electron chi connectivity index (χ1n) is 5.40. The van der Waals surface area contributed by atoms with Crippen LogP contribution in [0.2, 0.25) is 0 Å². The molecule has 5 heteroatoms. The third-order valence-electron chi connectivity index (χ3n) is 2.88. The molecule has 0 aromatic carbocycles.